The lowest BCUT2D eigenvalue weighted by Crippen LogP contribution is -2.46. The third kappa shape index (κ3) is 5.44. The molecule has 0 heterocycles. The first-order valence-electron chi connectivity index (χ1n) is 5.79. The van der Waals surface area contributed by atoms with Gasteiger partial charge in [-0.1, -0.05) is 12.1 Å². The molecule has 1 aromatic rings. The number of amides is 1. The number of rotatable bonds is 4. The third-order valence-electron chi connectivity index (χ3n) is 2.14. The van der Waals surface area contributed by atoms with Crippen LogP contribution >= 0.6 is 12.2 Å². The highest BCUT2D eigenvalue weighted by atomic mass is 32.1. The Morgan fingerprint density at radius 2 is 2.20 bits per heavy atom. The Hall–Kier alpha value is -2.48. The first-order valence-corrected chi connectivity index (χ1v) is 6.20. The van der Waals surface area contributed by atoms with Crippen LogP contribution in [0.1, 0.15) is 12.5 Å². The first-order chi connectivity index (χ1) is 9.52. The van der Waals surface area contributed by atoms with Crippen LogP contribution in [-0.2, 0) is 4.79 Å². The predicted octanol–water partition coefficient (Wildman–Crippen LogP) is 1.12. The summed E-state index contributed by atoms with van der Waals surface area (Å²) in [5, 5.41) is 13.7. The molecule has 0 radical (unpaired) electrons. The zero-order valence-corrected chi connectivity index (χ0v) is 11.6. The highest BCUT2D eigenvalue weighted by molar-refractivity contribution is 7.80. The number of nitro groups is 1. The number of non-ortho nitro benzene ring substituents is 1. The van der Waals surface area contributed by atoms with Gasteiger partial charge >= 0.3 is 0 Å². The van der Waals surface area contributed by atoms with Crippen molar-refractivity contribution in [3.63, 3.8) is 0 Å². The number of nitrogens with one attached hydrogen (secondary N) is 3. The van der Waals surface area contributed by atoms with Gasteiger partial charge in [0.2, 0.25) is 0 Å². The second-order valence-corrected chi connectivity index (χ2v) is 4.07. The number of thiocarbonyl (C=S) groups is 1. The average molecular weight is 294 g/mol. The van der Waals surface area contributed by atoms with Gasteiger partial charge < -0.3 is 5.32 Å². The van der Waals surface area contributed by atoms with E-state index in [0.29, 0.717) is 17.2 Å². The van der Waals surface area contributed by atoms with E-state index in [4.69, 9.17) is 12.2 Å². The maximum absolute atomic E-state index is 11.5. The molecule has 3 N–H and O–H groups in total. The lowest BCUT2D eigenvalue weighted by atomic mass is 10.2. The molecule has 0 saturated carbocycles. The molecule has 7 nitrogen and oxygen atoms in total. The molecule has 0 aromatic heterocycles. The van der Waals surface area contributed by atoms with Crippen LogP contribution in [0.5, 0.6) is 0 Å². The summed E-state index contributed by atoms with van der Waals surface area (Å²) in [6, 6.07) is 5.97. The Kier molecular flexibility index (Phi) is 6.11. The van der Waals surface area contributed by atoms with E-state index in [2.05, 4.69) is 16.2 Å². The Bertz CT molecular complexity index is 545. The van der Waals surface area contributed by atoms with E-state index in [1.54, 1.807) is 12.1 Å². The summed E-state index contributed by atoms with van der Waals surface area (Å²) in [6.45, 7) is 2.52. The van der Waals surface area contributed by atoms with Crippen LogP contribution in [0.3, 0.4) is 0 Å². The van der Waals surface area contributed by atoms with Crippen LogP contribution < -0.4 is 16.2 Å². The van der Waals surface area contributed by atoms with Crippen LogP contribution in [0.15, 0.2) is 30.3 Å². The Balaban J connectivity index is 2.55. The Morgan fingerprint density at radius 3 is 2.85 bits per heavy atom. The van der Waals surface area contributed by atoms with E-state index >= 15 is 0 Å². The van der Waals surface area contributed by atoms with Gasteiger partial charge in [-0.05, 0) is 30.8 Å². The molecule has 0 saturated heterocycles. The Labute approximate surface area is 121 Å². The molecule has 0 aliphatic carbocycles. The molecule has 0 aliphatic rings. The zero-order valence-electron chi connectivity index (χ0n) is 10.8. The van der Waals surface area contributed by atoms with Crippen LogP contribution in [0.4, 0.5) is 5.69 Å². The Morgan fingerprint density at radius 1 is 1.45 bits per heavy atom. The van der Waals surface area contributed by atoms with E-state index in [1.807, 2.05) is 6.92 Å². The lowest BCUT2D eigenvalue weighted by Gasteiger charge is -2.07. The minimum atomic E-state index is -0.492. The number of hydrazine groups is 1. The van der Waals surface area contributed by atoms with Crippen molar-refractivity contribution < 1.29 is 9.72 Å². The van der Waals surface area contributed by atoms with Gasteiger partial charge in [0, 0.05) is 24.8 Å². The molecular weight excluding hydrogens is 280 g/mol. The van der Waals surface area contributed by atoms with Gasteiger partial charge in [0.25, 0.3) is 11.6 Å². The fourth-order valence-electron chi connectivity index (χ4n) is 1.28. The van der Waals surface area contributed by atoms with Crippen LogP contribution in [0, 0.1) is 10.1 Å². The number of hydrogen-bond donors (Lipinski definition) is 3. The highest BCUT2D eigenvalue weighted by Gasteiger charge is 2.04. The van der Waals surface area contributed by atoms with Gasteiger partial charge in [0.05, 0.1) is 4.92 Å². The van der Waals surface area contributed by atoms with Crippen molar-refractivity contribution in [1.82, 2.24) is 16.2 Å². The van der Waals surface area contributed by atoms with Gasteiger partial charge in [-0.3, -0.25) is 25.8 Å². The van der Waals surface area contributed by atoms with E-state index in [0.717, 1.165) is 0 Å². The monoisotopic (exact) mass is 294 g/mol. The van der Waals surface area contributed by atoms with Gasteiger partial charge in [0.1, 0.15) is 0 Å². The number of nitrogens with zero attached hydrogens (tertiary/aromatic N) is 1. The molecule has 20 heavy (non-hydrogen) atoms. The topological polar surface area (TPSA) is 96.3 Å². The SMILES string of the molecule is CCNC(=S)NNC(=O)/C=C/c1cccc([N+](=O)[O-])c1. The van der Waals surface area contributed by atoms with Crippen molar-refractivity contribution in [2.24, 2.45) is 0 Å². The molecule has 0 fully saturated rings. The maximum Gasteiger partial charge on any atom is 0.270 e. The summed E-state index contributed by atoms with van der Waals surface area (Å²) in [4.78, 5) is 21.6. The number of carbonyl (C=O) groups excluding carboxylic acids is 1. The second kappa shape index (κ2) is 7.85. The molecule has 1 amide bonds. The second-order valence-electron chi connectivity index (χ2n) is 3.66. The largest absolute Gasteiger partial charge is 0.362 e. The summed E-state index contributed by atoms with van der Waals surface area (Å²) in [5.74, 6) is -0.420. The molecule has 0 bridgehead atoms. The summed E-state index contributed by atoms with van der Waals surface area (Å²) >= 11 is 4.86. The summed E-state index contributed by atoms with van der Waals surface area (Å²) < 4.78 is 0. The molecule has 1 rings (SSSR count). The summed E-state index contributed by atoms with van der Waals surface area (Å²) in [6.07, 6.45) is 2.72. The van der Waals surface area contributed by atoms with Gasteiger partial charge in [-0.2, -0.15) is 0 Å². The molecule has 106 valence electrons. The van der Waals surface area contributed by atoms with E-state index in [9.17, 15) is 14.9 Å². The lowest BCUT2D eigenvalue weighted by molar-refractivity contribution is -0.384. The van der Waals surface area contributed by atoms with E-state index in [1.165, 1.54) is 24.3 Å². The van der Waals surface area contributed by atoms with Crippen molar-refractivity contribution in [2.75, 3.05) is 6.54 Å². The smallest absolute Gasteiger partial charge is 0.270 e. The standard InChI is InChI=1S/C12H14N4O3S/c1-2-13-12(20)15-14-11(17)7-6-9-4-3-5-10(8-9)16(18)19/h3-8H,2H2,1H3,(H,14,17)(H2,13,15,20)/b7-6+. The van der Waals surface area contributed by atoms with Gasteiger partial charge in [-0.15, -0.1) is 0 Å². The molecule has 0 spiro atoms. The average Bonchev–Trinajstić information content (AvgIpc) is 2.43. The normalized spacial score (nSPS) is 10.1. The number of nitro benzene ring substituents is 1. The quantitative estimate of drug-likeness (QED) is 0.333. The van der Waals surface area contributed by atoms with Gasteiger partial charge in [-0.25, -0.2) is 0 Å². The molecule has 0 atom stereocenters. The predicted molar refractivity (Wildman–Crippen MR) is 79.7 cm³/mol. The van der Waals surface area contributed by atoms with Crippen molar-refractivity contribution in [3.05, 3.63) is 46.0 Å². The third-order valence-corrected chi connectivity index (χ3v) is 2.39. The maximum atomic E-state index is 11.5. The minimum absolute atomic E-state index is 0.0287. The zero-order chi connectivity index (χ0) is 15.0. The molecule has 0 unspecified atom stereocenters. The number of carbonyl (C=O) groups is 1. The van der Waals surface area contributed by atoms with Crippen molar-refractivity contribution in [1.29, 1.82) is 0 Å². The molecule has 1 aromatic carbocycles. The summed E-state index contributed by atoms with van der Waals surface area (Å²) in [5.41, 5.74) is 5.40. The fourth-order valence-corrected chi connectivity index (χ4v) is 1.47. The van der Waals surface area contributed by atoms with E-state index in [-0.39, 0.29) is 5.69 Å². The van der Waals surface area contributed by atoms with E-state index < -0.39 is 10.8 Å². The van der Waals surface area contributed by atoms with Crippen LogP contribution in [-0.4, -0.2) is 22.5 Å². The number of hydrogen-bond acceptors (Lipinski definition) is 4. The number of benzene rings is 1. The highest BCUT2D eigenvalue weighted by Crippen LogP contribution is 2.13. The molecular formula is C12H14N4O3S. The van der Waals surface area contributed by atoms with Crippen molar-refractivity contribution in [2.45, 2.75) is 6.92 Å². The van der Waals surface area contributed by atoms with Crippen molar-refractivity contribution >= 4 is 35.0 Å². The minimum Gasteiger partial charge on any atom is -0.362 e. The van der Waals surface area contributed by atoms with Crippen LogP contribution in [0.2, 0.25) is 0 Å². The molecule has 8 heteroatoms. The molecule has 0 aliphatic heterocycles. The van der Waals surface area contributed by atoms with Crippen molar-refractivity contribution in [3.8, 4) is 0 Å². The summed E-state index contributed by atoms with van der Waals surface area (Å²) in [7, 11) is 0. The van der Waals surface area contributed by atoms with Gasteiger partial charge in [0.15, 0.2) is 5.11 Å². The van der Waals surface area contributed by atoms with Crippen LogP contribution in [0.25, 0.3) is 6.08 Å². The fraction of sp³-hybridized carbons (Fsp3) is 0.167. The first kappa shape index (κ1) is 15.6.